The van der Waals surface area contributed by atoms with Gasteiger partial charge >= 0.3 is 0 Å². The maximum atomic E-state index is 13.1. The number of amides is 1. The molecule has 2 aliphatic rings. The molecule has 4 rings (SSSR count). The van der Waals surface area contributed by atoms with Crippen LogP contribution in [-0.2, 0) is 7.05 Å². The molecule has 1 aliphatic carbocycles. The van der Waals surface area contributed by atoms with Gasteiger partial charge in [0.1, 0.15) is 0 Å². The van der Waals surface area contributed by atoms with Crippen LogP contribution in [-0.4, -0.2) is 45.2 Å². The Morgan fingerprint density at radius 1 is 1.35 bits per heavy atom. The van der Waals surface area contributed by atoms with E-state index in [-0.39, 0.29) is 36.3 Å². The monoisotopic (exact) mass is 401 g/mol. The fourth-order valence-electron chi connectivity index (χ4n) is 3.65. The number of nitrogens with one attached hydrogen (secondary N) is 1. The maximum absolute atomic E-state index is 13.1. The van der Waals surface area contributed by atoms with Crippen LogP contribution in [0, 0.1) is 5.92 Å². The van der Waals surface area contributed by atoms with Gasteiger partial charge in [0.2, 0.25) is 0 Å². The number of fused-ring (bicyclic) bond motifs is 1. The first-order valence-electron chi connectivity index (χ1n) is 8.67. The molecule has 9 heteroatoms. The van der Waals surface area contributed by atoms with Crippen molar-refractivity contribution < 1.29 is 4.79 Å². The van der Waals surface area contributed by atoms with E-state index in [1.165, 1.54) is 0 Å². The number of carbonyl (C=O) groups excluding carboxylic acids is 1. The molecule has 1 saturated heterocycles. The van der Waals surface area contributed by atoms with Crippen molar-refractivity contribution in [1.29, 1.82) is 0 Å². The quantitative estimate of drug-likeness (QED) is 0.818. The normalized spacial score (nSPS) is 19.8. The number of halogens is 2. The Kier molecular flexibility index (Phi) is 6.37. The van der Waals surface area contributed by atoms with Crippen molar-refractivity contribution in [3.8, 4) is 0 Å². The summed E-state index contributed by atoms with van der Waals surface area (Å²) in [5, 5.41) is 3.13. The van der Waals surface area contributed by atoms with Crippen molar-refractivity contribution in [3.63, 3.8) is 0 Å². The van der Waals surface area contributed by atoms with E-state index in [9.17, 15) is 9.59 Å². The molecule has 1 saturated carbocycles. The van der Waals surface area contributed by atoms with Crippen molar-refractivity contribution in [1.82, 2.24) is 19.7 Å². The molecule has 1 unspecified atom stereocenters. The summed E-state index contributed by atoms with van der Waals surface area (Å²) in [6.45, 7) is 1.99. The Morgan fingerprint density at radius 3 is 2.73 bits per heavy atom. The highest BCUT2D eigenvalue weighted by Gasteiger charge is 2.31. The smallest absolute Gasteiger partial charge is 0.274 e. The number of H-pyrrole nitrogens is 1. The van der Waals surface area contributed by atoms with Gasteiger partial charge in [-0.25, -0.2) is 4.98 Å². The highest BCUT2D eigenvalue weighted by Crippen LogP contribution is 2.40. The van der Waals surface area contributed by atoms with Crippen LogP contribution < -0.4 is 11.3 Å². The lowest BCUT2D eigenvalue weighted by molar-refractivity contribution is 0.0680. The van der Waals surface area contributed by atoms with Crippen LogP contribution in [0.25, 0.3) is 11.0 Å². The fourth-order valence-corrected chi connectivity index (χ4v) is 3.65. The highest BCUT2D eigenvalue weighted by molar-refractivity contribution is 6.05. The Balaban J connectivity index is 0.00000121. The lowest BCUT2D eigenvalue weighted by atomic mass is 9.97. The van der Waals surface area contributed by atoms with Gasteiger partial charge in [-0.3, -0.25) is 19.4 Å². The number of pyridine rings is 1. The number of piperidine rings is 1. The van der Waals surface area contributed by atoms with E-state index in [2.05, 4.69) is 10.1 Å². The Bertz CT molecular complexity index is 859. The van der Waals surface area contributed by atoms with Crippen LogP contribution in [0.1, 0.15) is 47.7 Å². The standard InChI is InChI=1S/C17H23N5O2.2ClH/c1-21-15-14(16(23)20-21)12(7-13(19-15)11-4-5-11)17(24)22-6-2-3-10(8-18)9-22;;/h7,10-11H,2-6,8-9,18H2,1H3,(H,20,23);2*1H. The Labute approximate surface area is 164 Å². The van der Waals surface area contributed by atoms with Gasteiger partial charge in [0, 0.05) is 31.7 Å². The molecular formula is C17H25Cl2N5O2. The van der Waals surface area contributed by atoms with Gasteiger partial charge in [-0.2, -0.15) is 0 Å². The molecule has 1 amide bonds. The van der Waals surface area contributed by atoms with Crippen LogP contribution in [0.15, 0.2) is 10.9 Å². The number of nitrogens with two attached hydrogens (primary N) is 1. The summed E-state index contributed by atoms with van der Waals surface area (Å²) in [5.41, 5.74) is 7.52. The SMILES string of the molecule is Cl.Cl.Cn1[nH]c(=O)c2c(C(=O)N3CCCC(CN)C3)cc(C3CC3)nc21. The topological polar surface area (TPSA) is 97.0 Å². The lowest BCUT2D eigenvalue weighted by Crippen LogP contribution is -2.42. The first kappa shape index (κ1) is 20.7. The molecule has 26 heavy (non-hydrogen) atoms. The highest BCUT2D eigenvalue weighted by atomic mass is 35.5. The predicted octanol–water partition coefficient (Wildman–Crippen LogP) is 1.79. The summed E-state index contributed by atoms with van der Waals surface area (Å²) >= 11 is 0. The second-order valence-corrected chi connectivity index (χ2v) is 7.06. The number of rotatable bonds is 3. The summed E-state index contributed by atoms with van der Waals surface area (Å²) in [4.78, 5) is 31.9. The van der Waals surface area contributed by atoms with Gasteiger partial charge in [0.25, 0.3) is 11.5 Å². The number of carbonyl (C=O) groups is 1. The second-order valence-electron chi connectivity index (χ2n) is 7.06. The van der Waals surface area contributed by atoms with Crippen LogP contribution in [0.4, 0.5) is 0 Å². The van der Waals surface area contributed by atoms with E-state index >= 15 is 0 Å². The van der Waals surface area contributed by atoms with E-state index in [0.717, 1.165) is 37.9 Å². The zero-order valence-electron chi connectivity index (χ0n) is 14.7. The minimum Gasteiger partial charge on any atom is -0.338 e. The molecule has 0 aromatic carbocycles. The summed E-state index contributed by atoms with van der Waals surface area (Å²) in [7, 11) is 1.76. The fraction of sp³-hybridized carbons (Fsp3) is 0.588. The number of aromatic amines is 1. The number of aryl methyl sites for hydroxylation is 1. The van der Waals surface area contributed by atoms with Gasteiger partial charge in [0.15, 0.2) is 5.65 Å². The van der Waals surface area contributed by atoms with Gasteiger partial charge < -0.3 is 10.6 Å². The third-order valence-electron chi connectivity index (χ3n) is 5.20. The average molecular weight is 402 g/mol. The van der Waals surface area contributed by atoms with E-state index in [4.69, 9.17) is 5.73 Å². The summed E-state index contributed by atoms with van der Waals surface area (Å²) in [6.07, 6.45) is 4.22. The number of hydrogen-bond donors (Lipinski definition) is 2. The third-order valence-corrected chi connectivity index (χ3v) is 5.20. The van der Waals surface area contributed by atoms with Crippen LogP contribution in [0.2, 0.25) is 0 Å². The molecule has 0 spiro atoms. The van der Waals surface area contributed by atoms with Crippen LogP contribution in [0.3, 0.4) is 0 Å². The molecule has 7 nitrogen and oxygen atoms in total. The second kappa shape index (κ2) is 7.98. The van der Waals surface area contributed by atoms with E-state index in [0.29, 0.717) is 41.5 Å². The van der Waals surface area contributed by atoms with Crippen molar-refractivity contribution in [2.45, 2.75) is 31.6 Å². The predicted molar refractivity (Wildman–Crippen MR) is 105 cm³/mol. The molecule has 2 aromatic rings. The maximum Gasteiger partial charge on any atom is 0.274 e. The zero-order chi connectivity index (χ0) is 16.8. The largest absolute Gasteiger partial charge is 0.338 e. The van der Waals surface area contributed by atoms with Gasteiger partial charge in [-0.15, -0.1) is 24.8 Å². The third kappa shape index (κ3) is 3.61. The minimum atomic E-state index is -0.252. The molecular weight excluding hydrogens is 377 g/mol. The van der Waals surface area contributed by atoms with E-state index in [1.807, 2.05) is 11.0 Å². The number of hydrogen-bond acceptors (Lipinski definition) is 4. The van der Waals surface area contributed by atoms with Gasteiger partial charge in [-0.05, 0) is 44.2 Å². The molecule has 0 radical (unpaired) electrons. The number of nitrogens with zero attached hydrogens (tertiary/aromatic N) is 3. The molecule has 1 aliphatic heterocycles. The van der Waals surface area contributed by atoms with Crippen LogP contribution in [0.5, 0.6) is 0 Å². The molecule has 2 aromatic heterocycles. The van der Waals surface area contributed by atoms with Crippen LogP contribution >= 0.6 is 24.8 Å². The zero-order valence-corrected chi connectivity index (χ0v) is 16.4. The molecule has 1 atom stereocenters. The molecule has 3 N–H and O–H groups in total. The summed E-state index contributed by atoms with van der Waals surface area (Å²) in [5.74, 6) is 0.695. The lowest BCUT2D eigenvalue weighted by Gasteiger charge is -2.32. The first-order valence-corrected chi connectivity index (χ1v) is 8.67. The average Bonchev–Trinajstić information content (AvgIpc) is 3.41. The van der Waals surface area contributed by atoms with E-state index in [1.54, 1.807) is 11.7 Å². The minimum absolute atomic E-state index is 0. The van der Waals surface area contributed by atoms with Gasteiger partial charge in [0.05, 0.1) is 10.9 Å². The Morgan fingerprint density at radius 2 is 2.08 bits per heavy atom. The first-order chi connectivity index (χ1) is 11.6. The molecule has 3 heterocycles. The molecule has 2 fully saturated rings. The van der Waals surface area contributed by atoms with Crippen molar-refractivity contribution in [2.75, 3.05) is 19.6 Å². The summed E-state index contributed by atoms with van der Waals surface area (Å²) in [6, 6.07) is 1.84. The number of aromatic nitrogens is 3. The van der Waals surface area contributed by atoms with Crippen molar-refractivity contribution in [2.24, 2.45) is 18.7 Å². The van der Waals surface area contributed by atoms with Gasteiger partial charge in [-0.1, -0.05) is 0 Å². The Hall–Kier alpha value is -1.57. The van der Waals surface area contributed by atoms with E-state index < -0.39 is 0 Å². The molecule has 0 bridgehead atoms. The van der Waals surface area contributed by atoms with Crippen molar-refractivity contribution in [3.05, 3.63) is 27.7 Å². The summed E-state index contributed by atoms with van der Waals surface area (Å²) < 4.78 is 1.61. The van der Waals surface area contributed by atoms with Crippen molar-refractivity contribution >= 4 is 41.8 Å². The number of likely N-dealkylation sites (tertiary alicyclic amines) is 1. The molecule has 144 valence electrons.